The van der Waals surface area contributed by atoms with E-state index >= 15 is 0 Å². The third kappa shape index (κ3) is 5.39. The Balaban J connectivity index is 1.35. The molecule has 0 aliphatic carbocycles. The number of carbonyl (C=O) groups is 1. The molecule has 2 aromatic carbocycles. The van der Waals surface area contributed by atoms with Crippen LogP contribution in [0.1, 0.15) is 23.1 Å². The quantitative estimate of drug-likeness (QED) is 0.349. The number of nitrogens with one attached hydrogen (secondary N) is 1. The van der Waals surface area contributed by atoms with Gasteiger partial charge in [0.05, 0.1) is 34.8 Å². The van der Waals surface area contributed by atoms with Crippen molar-refractivity contribution in [3.63, 3.8) is 0 Å². The van der Waals surface area contributed by atoms with Crippen LogP contribution in [0.2, 0.25) is 5.02 Å². The van der Waals surface area contributed by atoms with Crippen LogP contribution in [-0.4, -0.2) is 58.1 Å². The second-order valence-electron chi connectivity index (χ2n) is 8.92. The molecule has 2 atom stereocenters. The molecule has 1 N–H and O–H groups in total. The number of amides is 1. The van der Waals surface area contributed by atoms with E-state index in [1.807, 2.05) is 0 Å². The average molecular weight is 552 g/mol. The summed E-state index contributed by atoms with van der Waals surface area (Å²) in [7, 11) is 1.75. The van der Waals surface area contributed by atoms with Gasteiger partial charge in [-0.15, -0.1) is 0 Å². The highest BCUT2D eigenvalue weighted by atomic mass is 35.5. The van der Waals surface area contributed by atoms with E-state index in [9.17, 15) is 22.4 Å². The Morgan fingerprint density at radius 3 is 2.84 bits per heavy atom. The number of piperidine rings is 1. The lowest BCUT2D eigenvalue weighted by molar-refractivity contribution is -0.138. The molecule has 6 nitrogen and oxygen atoms in total. The first kappa shape index (κ1) is 25.7. The molecular formula is C25H22ClF4N5OS. The summed E-state index contributed by atoms with van der Waals surface area (Å²) in [5, 5.41) is 8.47. The predicted molar refractivity (Wildman–Crippen MR) is 137 cm³/mol. The summed E-state index contributed by atoms with van der Waals surface area (Å²) in [5.74, 6) is -0.394. The van der Waals surface area contributed by atoms with Gasteiger partial charge in [0.15, 0.2) is 5.17 Å². The Bertz CT molecular complexity index is 1420. The zero-order chi connectivity index (χ0) is 26.3. The molecule has 1 amide bonds. The lowest BCUT2D eigenvalue weighted by atomic mass is 10.0. The van der Waals surface area contributed by atoms with Crippen LogP contribution >= 0.6 is 23.4 Å². The number of aromatic nitrogens is 2. The monoisotopic (exact) mass is 551 g/mol. The molecule has 1 aromatic heterocycles. The average Bonchev–Trinajstić information content (AvgIpc) is 3.42. The van der Waals surface area contributed by atoms with Gasteiger partial charge in [0.2, 0.25) is 0 Å². The highest BCUT2D eigenvalue weighted by Crippen LogP contribution is 2.35. The minimum Gasteiger partial charge on any atom is -0.348 e. The maximum Gasteiger partial charge on any atom is 0.416 e. The summed E-state index contributed by atoms with van der Waals surface area (Å²) >= 11 is 6.98. The third-order valence-corrected chi connectivity index (χ3v) is 7.75. The third-order valence-electron chi connectivity index (χ3n) is 6.44. The summed E-state index contributed by atoms with van der Waals surface area (Å²) in [5.41, 5.74) is 0.618. The molecule has 0 spiro atoms. The van der Waals surface area contributed by atoms with Crippen LogP contribution in [0.3, 0.4) is 0 Å². The normalized spacial score (nSPS) is 21.6. The first-order valence-corrected chi connectivity index (χ1v) is 12.7. The lowest BCUT2D eigenvalue weighted by Gasteiger charge is -2.34. The largest absolute Gasteiger partial charge is 0.416 e. The van der Waals surface area contributed by atoms with E-state index in [1.54, 1.807) is 42.4 Å². The number of rotatable bonds is 4. The maximum atomic E-state index is 14.3. The van der Waals surface area contributed by atoms with E-state index in [0.29, 0.717) is 33.9 Å². The van der Waals surface area contributed by atoms with E-state index in [1.165, 1.54) is 28.6 Å². The molecule has 194 valence electrons. The van der Waals surface area contributed by atoms with Crippen molar-refractivity contribution in [2.75, 3.05) is 20.1 Å². The number of fused-ring (bicyclic) bond motifs is 1. The molecule has 1 saturated heterocycles. The molecule has 12 heteroatoms. The number of alkyl halides is 4. The zero-order valence-electron chi connectivity index (χ0n) is 19.6. The fraction of sp³-hybridized carbons (Fsp3) is 0.320. The van der Waals surface area contributed by atoms with Gasteiger partial charge >= 0.3 is 6.18 Å². The van der Waals surface area contributed by atoms with Gasteiger partial charge in [0, 0.05) is 24.0 Å². The molecule has 5 rings (SSSR count). The molecule has 0 unspecified atom stereocenters. The molecule has 2 aliphatic heterocycles. The number of amidine groups is 1. The fourth-order valence-corrected chi connectivity index (χ4v) is 5.62. The molecule has 3 aromatic rings. The van der Waals surface area contributed by atoms with Gasteiger partial charge in [-0.05, 0) is 66.2 Å². The van der Waals surface area contributed by atoms with E-state index in [2.05, 4.69) is 15.4 Å². The lowest BCUT2D eigenvalue weighted by Crippen LogP contribution is -2.50. The minimum absolute atomic E-state index is 0.0111. The SMILES string of the molecule is CN(C1=NC(=O)C(=Cc2ccc3c(cnn3Cc3ccc(Cl)cc3C(F)(F)F)c2)S1)[C@H]1CCNC[C@@H]1F. The van der Waals surface area contributed by atoms with Crippen molar-refractivity contribution in [3.05, 3.63) is 69.2 Å². The molecule has 0 saturated carbocycles. The number of hydrogen-bond donors (Lipinski definition) is 1. The molecule has 0 bridgehead atoms. The van der Waals surface area contributed by atoms with Crippen LogP contribution < -0.4 is 5.32 Å². The van der Waals surface area contributed by atoms with Crippen molar-refractivity contribution in [1.82, 2.24) is 20.0 Å². The van der Waals surface area contributed by atoms with Crippen molar-refractivity contribution < 1.29 is 22.4 Å². The van der Waals surface area contributed by atoms with Gasteiger partial charge in [0.25, 0.3) is 5.91 Å². The van der Waals surface area contributed by atoms with Crippen LogP contribution in [0.25, 0.3) is 17.0 Å². The molecule has 3 heterocycles. The highest BCUT2D eigenvalue weighted by molar-refractivity contribution is 8.18. The number of halogens is 5. The van der Waals surface area contributed by atoms with Gasteiger partial charge in [-0.1, -0.05) is 23.7 Å². The number of thioether (sulfide) groups is 1. The van der Waals surface area contributed by atoms with E-state index in [-0.39, 0.29) is 29.7 Å². The topological polar surface area (TPSA) is 62.5 Å². The van der Waals surface area contributed by atoms with Gasteiger partial charge in [0.1, 0.15) is 6.17 Å². The molecule has 1 fully saturated rings. The van der Waals surface area contributed by atoms with Crippen LogP contribution in [0.15, 0.2) is 52.5 Å². The summed E-state index contributed by atoms with van der Waals surface area (Å²) in [6, 6.07) is 8.65. The second-order valence-corrected chi connectivity index (χ2v) is 10.4. The second kappa shape index (κ2) is 10.1. The van der Waals surface area contributed by atoms with Crippen LogP contribution in [0.4, 0.5) is 17.6 Å². The summed E-state index contributed by atoms with van der Waals surface area (Å²) in [6.45, 7) is 0.889. The van der Waals surface area contributed by atoms with Gasteiger partial charge in [-0.3, -0.25) is 9.48 Å². The first-order valence-electron chi connectivity index (χ1n) is 11.5. The van der Waals surface area contributed by atoms with Gasteiger partial charge in [-0.2, -0.15) is 23.3 Å². The van der Waals surface area contributed by atoms with Crippen molar-refractivity contribution in [3.8, 4) is 0 Å². The summed E-state index contributed by atoms with van der Waals surface area (Å²) < 4.78 is 56.3. The van der Waals surface area contributed by atoms with Crippen LogP contribution in [-0.2, 0) is 17.5 Å². The van der Waals surface area contributed by atoms with E-state index < -0.39 is 23.8 Å². The standard InChI is InChI=1S/C25H22ClF4N5OS/c1-34(21-6-7-31-12-19(21)27)24-33-23(36)22(37-24)9-14-2-5-20-16(8-14)11-32-35(20)13-15-3-4-17(26)10-18(15)25(28,29)30/h2-5,8-11,19,21,31H,6-7,12-13H2,1H3/t19-,21-/m0/s1. The molecular weight excluding hydrogens is 530 g/mol. The highest BCUT2D eigenvalue weighted by Gasteiger charge is 2.35. The Morgan fingerprint density at radius 2 is 2.08 bits per heavy atom. The molecule has 0 radical (unpaired) electrons. The summed E-state index contributed by atoms with van der Waals surface area (Å²) in [4.78, 5) is 18.8. The predicted octanol–water partition coefficient (Wildman–Crippen LogP) is 5.36. The van der Waals surface area contributed by atoms with E-state index in [4.69, 9.17) is 11.6 Å². The van der Waals surface area contributed by atoms with Crippen LogP contribution in [0.5, 0.6) is 0 Å². The van der Waals surface area contributed by atoms with Crippen molar-refractivity contribution >= 4 is 51.4 Å². The van der Waals surface area contributed by atoms with Crippen molar-refractivity contribution in [2.24, 2.45) is 4.99 Å². The molecule has 2 aliphatic rings. The summed E-state index contributed by atoms with van der Waals surface area (Å²) in [6.07, 6.45) is -1.71. The maximum absolute atomic E-state index is 14.3. The van der Waals surface area contributed by atoms with Crippen molar-refractivity contribution in [2.45, 2.75) is 31.4 Å². The Labute approximate surface area is 219 Å². The Hall–Kier alpha value is -2.89. The fourth-order valence-electron chi connectivity index (χ4n) is 4.52. The zero-order valence-corrected chi connectivity index (χ0v) is 21.2. The van der Waals surface area contributed by atoms with E-state index in [0.717, 1.165) is 11.6 Å². The first-order chi connectivity index (χ1) is 17.6. The minimum atomic E-state index is -4.54. The van der Waals surface area contributed by atoms with Gasteiger partial charge < -0.3 is 10.2 Å². The Morgan fingerprint density at radius 1 is 1.27 bits per heavy atom. The number of benzene rings is 2. The number of hydrogen-bond acceptors (Lipinski definition) is 5. The number of carbonyl (C=O) groups excluding carboxylic acids is 1. The van der Waals surface area contributed by atoms with Crippen molar-refractivity contribution in [1.29, 1.82) is 0 Å². The van der Waals surface area contributed by atoms with Gasteiger partial charge in [-0.25, -0.2) is 4.39 Å². The smallest absolute Gasteiger partial charge is 0.348 e. The molecule has 37 heavy (non-hydrogen) atoms. The van der Waals surface area contributed by atoms with Crippen LogP contribution in [0, 0.1) is 0 Å². The number of aliphatic imine (C=N–C) groups is 1. The Kier molecular flexibility index (Phi) is 7.03. The number of nitrogens with zero attached hydrogens (tertiary/aromatic N) is 4.